The number of nitrogens with zero attached hydrogens (tertiary/aromatic N) is 2. The molecule has 9 heteroatoms. The molecule has 7 nitrogen and oxygen atoms in total. The van der Waals surface area contributed by atoms with Crippen molar-refractivity contribution in [1.82, 2.24) is 9.29 Å². The molecule has 0 bridgehead atoms. The van der Waals surface area contributed by atoms with Crippen molar-refractivity contribution in [3.8, 4) is 0 Å². The van der Waals surface area contributed by atoms with Gasteiger partial charge >= 0.3 is 0 Å². The first-order valence-electron chi connectivity index (χ1n) is 6.60. The summed E-state index contributed by atoms with van der Waals surface area (Å²) in [6.45, 7) is 1.50. The molecule has 3 N–H and O–H groups in total. The average Bonchev–Trinajstić information content (AvgIpc) is 2.48. The van der Waals surface area contributed by atoms with Crippen LogP contribution >= 0.6 is 11.6 Å². The molecule has 118 valence electrons. The Hall–Kier alpha value is -0.930. The molecule has 21 heavy (non-hydrogen) atoms. The topological polar surface area (TPSA) is 97.5 Å². The number of nitrogens with two attached hydrogens (primary N) is 1. The number of methoxy groups -OCH3 is 1. The Balaban J connectivity index is 2.23. The third kappa shape index (κ3) is 3.64. The molecule has 1 aliphatic heterocycles. The Kier molecular flexibility index (Phi) is 5.39. The number of sulfonamides is 1. The lowest BCUT2D eigenvalue weighted by Crippen LogP contribution is -2.41. The lowest BCUT2D eigenvalue weighted by atomic mass is 10.0. The molecule has 0 saturated carbocycles. The highest BCUT2D eigenvalue weighted by Gasteiger charge is 2.30. The van der Waals surface area contributed by atoms with E-state index in [1.807, 2.05) is 0 Å². The SMILES string of the molecule is COCC1CCCN(S(=O)(=O)c2cnc(NN)c(Cl)c2)C1. The van der Waals surface area contributed by atoms with Crippen molar-refractivity contribution in [3.63, 3.8) is 0 Å². The second-order valence-corrected chi connectivity index (χ2v) is 7.32. The van der Waals surface area contributed by atoms with Gasteiger partial charge in [0.05, 0.1) is 11.6 Å². The number of pyridine rings is 1. The van der Waals surface area contributed by atoms with Crippen LogP contribution in [0, 0.1) is 5.92 Å². The minimum absolute atomic E-state index is 0.0737. The number of halogens is 1. The van der Waals surface area contributed by atoms with Crippen molar-refractivity contribution in [2.45, 2.75) is 17.7 Å². The lowest BCUT2D eigenvalue weighted by Gasteiger charge is -2.31. The number of piperidine rings is 1. The zero-order chi connectivity index (χ0) is 15.5. The summed E-state index contributed by atoms with van der Waals surface area (Å²) in [7, 11) is -1.98. The van der Waals surface area contributed by atoms with Crippen LogP contribution in [-0.2, 0) is 14.8 Å². The van der Waals surface area contributed by atoms with Gasteiger partial charge in [-0.2, -0.15) is 4.31 Å². The van der Waals surface area contributed by atoms with Crippen LogP contribution in [0.4, 0.5) is 5.82 Å². The van der Waals surface area contributed by atoms with E-state index in [4.69, 9.17) is 22.2 Å². The third-order valence-corrected chi connectivity index (χ3v) is 5.59. The van der Waals surface area contributed by atoms with E-state index in [0.717, 1.165) is 12.8 Å². The standard InChI is InChI=1S/C12H19ClN4O3S/c1-20-8-9-3-2-4-17(7-9)21(18,19)10-5-11(13)12(16-14)15-6-10/h5-6,9H,2-4,7-8,14H2,1H3,(H,15,16). The highest BCUT2D eigenvalue weighted by Crippen LogP contribution is 2.27. The first kappa shape index (κ1) is 16.4. The molecule has 0 aliphatic carbocycles. The first-order valence-corrected chi connectivity index (χ1v) is 8.42. The van der Waals surface area contributed by atoms with Crippen LogP contribution in [0.2, 0.25) is 5.02 Å². The van der Waals surface area contributed by atoms with Crippen LogP contribution in [0.1, 0.15) is 12.8 Å². The van der Waals surface area contributed by atoms with Gasteiger partial charge in [0, 0.05) is 26.4 Å². The molecule has 1 fully saturated rings. The number of hydrazine groups is 1. The molecule has 2 heterocycles. The van der Waals surface area contributed by atoms with Gasteiger partial charge in [0.1, 0.15) is 4.90 Å². The van der Waals surface area contributed by atoms with Gasteiger partial charge in [0.25, 0.3) is 0 Å². The highest BCUT2D eigenvalue weighted by molar-refractivity contribution is 7.89. The highest BCUT2D eigenvalue weighted by atomic mass is 35.5. The molecule has 1 atom stereocenters. The van der Waals surface area contributed by atoms with Gasteiger partial charge in [-0.25, -0.2) is 19.2 Å². The Bertz CT molecular complexity index is 594. The second kappa shape index (κ2) is 6.89. The van der Waals surface area contributed by atoms with Crippen molar-refractivity contribution in [2.24, 2.45) is 11.8 Å². The van der Waals surface area contributed by atoms with Crippen LogP contribution in [0.5, 0.6) is 0 Å². The van der Waals surface area contributed by atoms with Gasteiger partial charge in [-0.1, -0.05) is 11.6 Å². The van der Waals surface area contributed by atoms with Crippen LogP contribution in [0.25, 0.3) is 0 Å². The van der Waals surface area contributed by atoms with E-state index in [-0.39, 0.29) is 21.7 Å². The van der Waals surface area contributed by atoms with E-state index < -0.39 is 10.0 Å². The molecular weight excluding hydrogens is 316 g/mol. The largest absolute Gasteiger partial charge is 0.384 e. The lowest BCUT2D eigenvalue weighted by molar-refractivity contribution is 0.118. The zero-order valence-corrected chi connectivity index (χ0v) is 13.3. The van der Waals surface area contributed by atoms with E-state index >= 15 is 0 Å². The predicted molar refractivity (Wildman–Crippen MR) is 80.4 cm³/mol. The van der Waals surface area contributed by atoms with Gasteiger partial charge in [-0.05, 0) is 24.8 Å². The molecule has 0 amide bonds. The van der Waals surface area contributed by atoms with E-state index in [9.17, 15) is 8.42 Å². The second-order valence-electron chi connectivity index (χ2n) is 4.97. The maximum atomic E-state index is 12.6. The van der Waals surface area contributed by atoms with E-state index in [1.165, 1.54) is 16.6 Å². The minimum atomic E-state index is -3.60. The quantitative estimate of drug-likeness (QED) is 0.617. The van der Waals surface area contributed by atoms with E-state index in [2.05, 4.69) is 10.4 Å². The summed E-state index contributed by atoms with van der Waals surface area (Å²) in [5, 5.41) is 0.170. The van der Waals surface area contributed by atoms with Crippen LogP contribution < -0.4 is 11.3 Å². The number of rotatable bonds is 5. The number of nitrogens with one attached hydrogen (secondary N) is 1. The number of hydrogen-bond acceptors (Lipinski definition) is 6. The Morgan fingerprint density at radius 3 is 3.00 bits per heavy atom. The Morgan fingerprint density at radius 2 is 2.38 bits per heavy atom. The van der Waals surface area contributed by atoms with E-state index in [0.29, 0.717) is 19.7 Å². The molecule has 0 aromatic carbocycles. The van der Waals surface area contributed by atoms with Crippen molar-refractivity contribution in [3.05, 3.63) is 17.3 Å². The number of nitrogen functional groups attached to an aromatic ring is 1. The summed E-state index contributed by atoms with van der Waals surface area (Å²) in [6.07, 6.45) is 3.04. The molecule has 2 rings (SSSR count). The number of aromatic nitrogens is 1. The summed E-state index contributed by atoms with van der Waals surface area (Å²) in [6, 6.07) is 1.36. The molecule has 1 aromatic heterocycles. The summed E-state index contributed by atoms with van der Waals surface area (Å²) in [5.74, 6) is 5.69. The maximum Gasteiger partial charge on any atom is 0.244 e. The fourth-order valence-corrected chi connectivity index (χ4v) is 4.25. The Labute approximate surface area is 129 Å². The number of ether oxygens (including phenoxy) is 1. The molecule has 1 aliphatic rings. The average molecular weight is 335 g/mol. The van der Waals surface area contributed by atoms with Crippen molar-refractivity contribution >= 4 is 27.4 Å². The summed E-state index contributed by atoms with van der Waals surface area (Å²) >= 11 is 5.94. The van der Waals surface area contributed by atoms with Gasteiger partial charge < -0.3 is 10.2 Å². The first-order chi connectivity index (χ1) is 9.98. The van der Waals surface area contributed by atoms with Crippen LogP contribution in [-0.4, -0.2) is 44.5 Å². The van der Waals surface area contributed by atoms with Crippen molar-refractivity contribution in [1.29, 1.82) is 0 Å². The fraction of sp³-hybridized carbons (Fsp3) is 0.583. The van der Waals surface area contributed by atoms with E-state index in [1.54, 1.807) is 7.11 Å². The third-order valence-electron chi connectivity index (χ3n) is 3.47. The normalized spacial score (nSPS) is 20.4. The van der Waals surface area contributed by atoms with Gasteiger partial charge in [0.2, 0.25) is 10.0 Å². The number of hydrogen-bond donors (Lipinski definition) is 2. The van der Waals surface area contributed by atoms with Crippen LogP contribution in [0.15, 0.2) is 17.2 Å². The zero-order valence-electron chi connectivity index (χ0n) is 11.8. The maximum absolute atomic E-state index is 12.6. The van der Waals surface area contributed by atoms with Gasteiger partial charge in [-0.15, -0.1) is 0 Å². The summed E-state index contributed by atoms with van der Waals surface area (Å²) in [4.78, 5) is 3.99. The minimum Gasteiger partial charge on any atom is -0.384 e. The fourth-order valence-electron chi connectivity index (χ4n) is 2.43. The summed E-state index contributed by atoms with van der Waals surface area (Å²) < 4.78 is 31.8. The molecular formula is C12H19ClN4O3S. The predicted octanol–water partition coefficient (Wildman–Crippen LogP) is 1.07. The van der Waals surface area contributed by atoms with Crippen LogP contribution in [0.3, 0.4) is 0 Å². The Morgan fingerprint density at radius 1 is 1.62 bits per heavy atom. The molecule has 1 saturated heterocycles. The molecule has 1 unspecified atom stereocenters. The number of anilines is 1. The smallest absolute Gasteiger partial charge is 0.244 e. The van der Waals surface area contributed by atoms with Crippen molar-refractivity contribution < 1.29 is 13.2 Å². The van der Waals surface area contributed by atoms with Gasteiger partial charge in [0.15, 0.2) is 5.82 Å². The summed E-state index contributed by atoms with van der Waals surface area (Å²) in [5.41, 5.74) is 2.31. The molecule has 1 aromatic rings. The monoisotopic (exact) mass is 334 g/mol. The molecule has 0 spiro atoms. The van der Waals surface area contributed by atoms with Gasteiger partial charge in [-0.3, -0.25) is 0 Å². The van der Waals surface area contributed by atoms with Crippen molar-refractivity contribution in [2.75, 3.05) is 32.2 Å². The molecule has 0 radical (unpaired) electrons.